The van der Waals surface area contributed by atoms with Crippen molar-refractivity contribution in [1.82, 2.24) is 0 Å². The molecule has 0 aliphatic carbocycles. The molecule has 0 aliphatic heterocycles. The van der Waals surface area contributed by atoms with Crippen molar-refractivity contribution in [2.45, 2.75) is 11.5 Å². The molecule has 0 spiro atoms. The third-order valence-corrected chi connectivity index (χ3v) is 3.89. The zero-order chi connectivity index (χ0) is 12.8. The van der Waals surface area contributed by atoms with Crippen LogP contribution in [0.4, 0.5) is 0 Å². The Morgan fingerprint density at radius 2 is 1.44 bits per heavy atom. The topological polar surface area (TPSA) is 40.9 Å². The van der Waals surface area contributed by atoms with Crippen LogP contribution < -0.4 is 0 Å². The summed E-state index contributed by atoms with van der Waals surface area (Å²) in [6, 6.07) is 19.1. The van der Waals surface area contributed by atoms with Crippen LogP contribution in [-0.4, -0.2) is 4.21 Å². The first kappa shape index (κ1) is 12.5. The molecule has 3 heteroatoms. The van der Waals surface area contributed by atoms with Crippen LogP contribution >= 0.6 is 0 Å². The standard InChI is InChI=1S/C15H13NOS/c16-10-13-6-8-15(9-7-13)12-18(17)11-14-4-2-1-3-5-14/h1-9H,11-12H2. The van der Waals surface area contributed by atoms with E-state index in [2.05, 4.69) is 6.07 Å². The van der Waals surface area contributed by atoms with Crippen LogP contribution in [-0.2, 0) is 22.3 Å². The van der Waals surface area contributed by atoms with Crippen LogP contribution in [0.25, 0.3) is 0 Å². The van der Waals surface area contributed by atoms with Crippen molar-refractivity contribution in [3.8, 4) is 6.07 Å². The highest BCUT2D eigenvalue weighted by molar-refractivity contribution is 7.83. The van der Waals surface area contributed by atoms with Crippen molar-refractivity contribution in [3.05, 3.63) is 71.3 Å². The van der Waals surface area contributed by atoms with E-state index < -0.39 is 10.8 Å². The molecule has 2 rings (SSSR count). The molecule has 0 aromatic heterocycles. The van der Waals surface area contributed by atoms with E-state index in [1.54, 1.807) is 12.1 Å². The summed E-state index contributed by atoms with van der Waals surface area (Å²) >= 11 is 0. The monoisotopic (exact) mass is 255 g/mol. The first-order chi connectivity index (χ1) is 8.78. The Bertz CT molecular complexity index is 570. The van der Waals surface area contributed by atoms with Gasteiger partial charge in [-0.05, 0) is 23.3 Å². The lowest BCUT2D eigenvalue weighted by Crippen LogP contribution is -1.99. The maximum Gasteiger partial charge on any atom is 0.0991 e. The van der Waals surface area contributed by atoms with Crippen LogP contribution in [0, 0.1) is 11.3 Å². The van der Waals surface area contributed by atoms with Gasteiger partial charge in [-0.3, -0.25) is 4.21 Å². The van der Waals surface area contributed by atoms with Gasteiger partial charge < -0.3 is 0 Å². The molecular formula is C15H13NOS. The minimum atomic E-state index is -0.913. The van der Waals surface area contributed by atoms with Gasteiger partial charge in [-0.2, -0.15) is 5.26 Å². The number of nitrogens with zero attached hydrogens (tertiary/aromatic N) is 1. The zero-order valence-electron chi connectivity index (χ0n) is 9.87. The summed E-state index contributed by atoms with van der Waals surface area (Å²) in [7, 11) is -0.913. The molecule has 0 saturated carbocycles. The third-order valence-electron chi connectivity index (χ3n) is 2.58. The summed E-state index contributed by atoms with van der Waals surface area (Å²) in [6.07, 6.45) is 0. The summed E-state index contributed by atoms with van der Waals surface area (Å²) in [4.78, 5) is 0. The molecule has 0 bridgehead atoms. The highest BCUT2D eigenvalue weighted by Gasteiger charge is 2.03. The minimum Gasteiger partial charge on any atom is -0.259 e. The molecule has 1 unspecified atom stereocenters. The first-order valence-electron chi connectivity index (χ1n) is 5.66. The fourth-order valence-corrected chi connectivity index (χ4v) is 2.90. The van der Waals surface area contributed by atoms with E-state index in [9.17, 15) is 4.21 Å². The van der Waals surface area contributed by atoms with E-state index in [1.165, 1.54) is 0 Å². The van der Waals surface area contributed by atoms with Gasteiger partial charge in [0.05, 0.1) is 11.6 Å². The van der Waals surface area contributed by atoms with Crippen LogP contribution in [0.15, 0.2) is 54.6 Å². The second-order valence-electron chi connectivity index (χ2n) is 4.02. The van der Waals surface area contributed by atoms with E-state index in [4.69, 9.17) is 5.26 Å². The van der Waals surface area contributed by atoms with E-state index in [1.807, 2.05) is 42.5 Å². The molecular weight excluding hydrogens is 242 g/mol. The van der Waals surface area contributed by atoms with Crippen molar-refractivity contribution >= 4 is 10.8 Å². The summed E-state index contributed by atoms with van der Waals surface area (Å²) < 4.78 is 12.0. The Morgan fingerprint density at radius 3 is 2.00 bits per heavy atom. The molecule has 0 radical (unpaired) electrons. The van der Waals surface area contributed by atoms with Gasteiger partial charge in [0.25, 0.3) is 0 Å². The molecule has 2 nitrogen and oxygen atoms in total. The van der Waals surface area contributed by atoms with Gasteiger partial charge in [0.1, 0.15) is 0 Å². The number of benzene rings is 2. The molecule has 0 amide bonds. The lowest BCUT2D eigenvalue weighted by atomic mass is 10.2. The fourth-order valence-electron chi connectivity index (χ4n) is 1.67. The van der Waals surface area contributed by atoms with Crippen LogP contribution in [0.3, 0.4) is 0 Å². The Morgan fingerprint density at radius 1 is 0.889 bits per heavy atom. The third kappa shape index (κ3) is 3.54. The Hall–Kier alpha value is -1.92. The second-order valence-corrected chi connectivity index (χ2v) is 5.48. The quantitative estimate of drug-likeness (QED) is 0.842. The molecule has 0 fully saturated rings. The van der Waals surface area contributed by atoms with Crippen LogP contribution in [0.2, 0.25) is 0 Å². The van der Waals surface area contributed by atoms with E-state index in [0.717, 1.165) is 11.1 Å². The van der Waals surface area contributed by atoms with Crippen molar-refractivity contribution in [3.63, 3.8) is 0 Å². The Kier molecular flexibility index (Phi) is 4.27. The summed E-state index contributed by atoms with van der Waals surface area (Å²) in [6.45, 7) is 0. The van der Waals surface area contributed by atoms with E-state index >= 15 is 0 Å². The van der Waals surface area contributed by atoms with Crippen molar-refractivity contribution in [2.24, 2.45) is 0 Å². The van der Waals surface area contributed by atoms with Crippen LogP contribution in [0.1, 0.15) is 16.7 Å². The van der Waals surface area contributed by atoms with Crippen molar-refractivity contribution in [2.75, 3.05) is 0 Å². The molecule has 2 aromatic rings. The van der Waals surface area contributed by atoms with Gasteiger partial charge in [0.2, 0.25) is 0 Å². The smallest absolute Gasteiger partial charge is 0.0991 e. The molecule has 0 N–H and O–H groups in total. The van der Waals surface area contributed by atoms with Gasteiger partial charge in [-0.15, -0.1) is 0 Å². The average Bonchev–Trinajstić information content (AvgIpc) is 2.40. The summed E-state index contributed by atoms with van der Waals surface area (Å²) in [5.74, 6) is 1.10. The summed E-state index contributed by atoms with van der Waals surface area (Å²) in [5, 5.41) is 8.70. The molecule has 1 atom stereocenters. The number of hydrogen-bond acceptors (Lipinski definition) is 2. The van der Waals surface area contributed by atoms with Gasteiger partial charge in [0, 0.05) is 22.3 Å². The molecule has 0 saturated heterocycles. The molecule has 2 aromatic carbocycles. The lowest BCUT2D eigenvalue weighted by molar-refractivity contribution is 0.682. The molecule has 0 aliphatic rings. The Labute approximate surface area is 109 Å². The maximum absolute atomic E-state index is 12.0. The first-order valence-corrected chi connectivity index (χ1v) is 7.14. The average molecular weight is 255 g/mol. The van der Waals surface area contributed by atoms with Crippen molar-refractivity contribution < 1.29 is 4.21 Å². The van der Waals surface area contributed by atoms with Crippen molar-refractivity contribution in [1.29, 1.82) is 5.26 Å². The minimum absolute atomic E-state index is 0.528. The predicted molar refractivity (Wildman–Crippen MR) is 73.1 cm³/mol. The normalized spacial score (nSPS) is 11.7. The van der Waals surface area contributed by atoms with Gasteiger partial charge in [-0.1, -0.05) is 42.5 Å². The highest BCUT2D eigenvalue weighted by atomic mass is 32.2. The van der Waals surface area contributed by atoms with Gasteiger partial charge in [0.15, 0.2) is 0 Å². The molecule has 18 heavy (non-hydrogen) atoms. The lowest BCUT2D eigenvalue weighted by Gasteiger charge is -2.03. The fraction of sp³-hybridized carbons (Fsp3) is 0.133. The van der Waals surface area contributed by atoms with E-state index in [0.29, 0.717) is 17.1 Å². The maximum atomic E-state index is 12.0. The number of rotatable bonds is 4. The molecule has 90 valence electrons. The molecule has 0 heterocycles. The highest BCUT2D eigenvalue weighted by Crippen LogP contribution is 2.10. The SMILES string of the molecule is N#Cc1ccc(CS(=O)Cc2ccccc2)cc1. The van der Waals surface area contributed by atoms with Gasteiger partial charge >= 0.3 is 0 Å². The summed E-state index contributed by atoms with van der Waals surface area (Å²) in [5.41, 5.74) is 2.72. The zero-order valence-corrected chi connectivity index (χ0v) is 10.7. The van der Waals surface area contributed by atoms with E-state index in [-0.39, 0.29) is 0 Å². The van der Waals surface area contributed by atoms with Crippen LogP contribution in [0.5, 0.6) is 0 Å². The number of nitriles is 1. The predicted octanol–water partition coefficient (Wildman–Crippen LogP) is 3.01. The number of hydrogen-bond donors (Lipinski definition) is 0. The van der Waals surface area contributed by atoms with Gasteiger partial charge in [-0.25, -0.2) is 0 Å². The Balaban J connectivity index is 1.97. The largest absolute Gasteiger partial charge is 0.259 e. The second kappa shape index (κ2) is 6.13.